The van der Waals surface area contributed by atoms with Gasteiger partial charge in [-0.2, -0.15) is 0 Å². The summed E-state index contributed by atoms with van der Waals surface area (Å²) in [7, 11) is 0. The van der Waals surface area contributed by atoms with Crippen molar-refractivity contribution in [3.63, 3.8) is 0 Å². The number of carbonyl (C=O) groups is 1. The minimum atomic E-state index is -0.0127. The van der Waals surface area contributed by atoms with Crippen LogP contribution in [0.25, 0.3) is 22.6 Å². The number of morpholine rings is 1. The van der Waals surface area contributed by atoms with Gasteiger partial charge in [-0.05, 0) is 37.8 Å². The summed E-state index contributed by atoms with van der Waals surface area (Å²) in [5, 5.41) is 6.60. The number of hydrogen-bond acceptors (Lipinski definition) is 7. The summed E-state index contributed by atoms with van der Waals surface area (Å²) in [4.78, 5) is 29.5. The SMILES string of the molecule is O=C(NC1CC1)c1ccc(-c2nc(NCCN3CCOCC3)c3ncn(C4CCCCC4)c3n2)cc1. The molecule has 3 aliphatic rings. The Balaban J connectivity index is 1.28. The Bertz CT molecular complexity index is 1190. The van der Waals surface area contributed by atoms with E-state index in [0.29, 0.717) is 23.5 Å². The van der Waals surface area contributed by atoms with Gasteiger partial charge in [-0.3, -0.25) is 9.69 Å². The van der Waals surface area contributed by atoms with Crippen molar-refractivity contribution in [2.75, 3.05) is 44.7 Å². The minimum absolute atomic E-state index is 0.0127. The third-order valence-electron chi connectivity index (χ3n) is 7.53. The molecule has 3 fully saturated rings. The summed E-state index contributed by atoms with van der Waals surface area (Å²) in [6.45, 7) is 5.22. The second kappa shape index (κ2) is 10.5. The topological polar surface area (TPSA) is 97.2 Å². The second-order valence-corrected chi connectivity index (χ2v) is 10.2. The molecule has 9 nitrogen and oxygen atoms in total. The highest BCUT2D eigenvalue weighted by atomic mass is 16.5. The monoisotopic (exact) mass is 489 g/mol. The molecular formula is C27H35N7O2. The number of imidazole rings is 1. The van der Waals surface area contributed by atoms with E-state index in [1.165, 1.54) is 19.3 Å². The molecule has 190 valence electrons. The van der Waals surface area contributed by atoms with Gasteiger partial charge in [-0.1, -0.05) is 31.4 Å². The lowest BCUT2D eigenvalue weighted by Gasteiger charge is -2.26. The Morgan fingerprint density at radius 3 is 2.53 bits per heavy atom. The highest BCUT2D eigenvalue weighted by Crippen LogP contribution is 2.32. The number of rotatable bonds is 8. The van der Waals surface area contributed by atoms with E-state index in [1.807, 2.05) is 30.6 Å². The number of ether oxygens (including phenoxy) is 1. The Morgan fingerprint density at radius 1 is 1.00 bits per heavy atom. The van der Waals surface area contributed by atoms with Crippen LogP contribution in [0.4, 0.5) is 5.82 Å². The molecule has 2 N–H and O–H groups in total. The third-order valence-corrected chi connectivity index (χ3v) is 7.53. The predicted molar refractivity (Wildman–Crippen MR) is 139 cm³/mol. The summed E-state index contributed by atoms with van der Waals surface area (Å²) in [5.41, 5.74) is 3.28. The molecule has 1 aliphatic heterocycles. The molecule has 0 bridgehead atoms. The zero-order chi connectivity index (χ0) is 24.3. The summed E-state index contributed by atoms with van der Waals surface area (Å²) in [5.74, 6) is 1.41. The predicted octanol–water partition coefficient (Wildman–Crippen LogP) is 3.63. The summed E-state index contributed by atoms with van der Waals surface area (Å²) >= 11 is 0. The van der Waals surface area contributed by atoms with Gasteiger partial charge in [0.05, 0.1) is 19.5 Å². The van der Waals surface area contributed by atoms with Crippen LogP contribution >= 0.6 is 0 Å². The van der Waals surface area contributed by atoms with Crippen LogP contribution in [0.2, 0.25) is 0 Å². The van der Waals surface area contributed by atoms with Gasteiger partial charge >= 0.3 is 0 Å². The second-order valence-electron chi connectivity index (χ2n) is 10.2. The maximum Gasteiger partial charge on any atom is 0.251 e. The van der Waals surface area contributed by atoms with Crippen LogP contribution in [0.3, 0.4) is 0 Å². The number of hydrogen-bond donors (Lipinski definition) is 2. The van der Waals surface area contributed by atoms with Crippen molar-refractivity contribution in [1.82, 2.24) is 29.7 Å². The molecule has 3 heterocycles. The number of nitrogens with one attached hydrogen (secondary N) is 2. The van der Waals surface area contributed by atoms with E-state index < -0.39 is 0 Å². The maximum absolute atomic E-state index is 12.4. The lowest BCUT2D eigenvalue weighted by Crippen LogP contribution is -2.39. The fourth-order valence-corrected chi connectivity index (χ4v) is 5.22. The van der Waals surface area contributed by atoms with Gasteiger partial charge in [0.1, 0.15) is 5.52 Å². The molecule has 36 heavy (non-hydrogen) atoms. The molecule has 0 unspecified atom stereocenters. The van der Waals surface area contributed by atoms with Crippen LogP contribution in [0.15, 0.2) is 30.6 Å². The smallest absolute Gasteiger partial charge is 0.251 e. The molecule has 2 saturated carbocycles. The zero-order valence-electron chi connectivity index (χ0n) is 20.8. The molecular weight excluding hydrogens is 454 g/mol. The fourth-order valence-electron chi connectivity index (χ4n) is 5.22. The van der Waals surface area contributed by atoms with E-state index in [1.54, 1.807) is 0 Å². The lowest BCUT2D eigenvalue weighted by molar-refractivity contribution is 0.0398. The molecule has 1 aromatic carbocycles. The van der Waals surface area contributed by atoms with Crippen LogP contribution in [0, 0.1) is 0 Å². The average molecular weight is 490 g/mol. The van der Waals surface area contributed by atoms with E-state index in [9.17, 15) is 4.79 Å². The van der Waals surface area contributed by atoms with Gasteiger partial charge in [0.2, 0.25) is 0 Å². The highest BCUT2D eigenvalue weighted by molar-refractivity contribution is 5.95. The van der Waals surface area contributed by atoms with Crippen molar-refractivity contribution in [1.29, 1.82) is 0 Å². The molecule has 3 aromatic rings. The molecule has 0 radical (unpaired) electrons. The first-order valence-electron chi connectivity index (χ1n) is 13.4. The Kier molecular flexibility index (Phi) is 6.83. The first kappa shape index (κ1) is 23.4. The largest absolute Gasteiger partial charge is 0.379 e. The molecule has 2 aromatic heterocycles. The first-order valence-corrected chi connectivity index (χ1v) is 13.4. The van der Waals surface area contributed by atoms with Crippen molar-refractivity contribution < 1.29 is 9.53 Å². The number of amides is 1. The number of carbonyl (C=O) groups excluding carboxylic acids is 1. The fraction of sp³-hybridized carbons (Fsp3) is 0.556. The molecule has 9 heteroatoms. The van der Waals surface area contributed by atoms with Crippen LogP contribution < -0.4 is 10.6 Å². The van der Waals surface area contributed by atoms with Gasteiger partial charge in [0, 0.05) is 49.4 Å². The summed E-state index contributed by atoms with van der Waals surface area (Å²) in [6.07, 6.45) is 10.2. The van der Waals surface area contributed by atoms with E-state index >= 15 is 0 Å². The Morgan fingerprint density at radius 2 is 1.78 bits per heavy atom. The van der Waals surface area contributed by atoms with Crippen LogP contribution in [-0.4, -0.2) is 75.8 Å². The first-order chi connectivity index (χ1) is 17.7. The molecule has 2 aliphatic carbocycles. The van der Waals surface area contributed by atoms with Crippen molar-refractivity contribution in [3.8, 4) is 11.4 Å². The van der Waals surface area contributed by atoms with E-state index in [-0.39, 0.29) is 5.91 Å². The number of nitrogens with zero attached hydrogens (tertiary/aromatic N) is 5. The van der Waals surface area contributed by atoms with Gasteiger partial charge in [0.25, 0.3) is 5.91 Å². The summed E-state index contributed by atoms with van der Waals surface area (Å²) in [6, 6.07) is 8.40. The van der Waals surface area contributed by atoms with Crippen molar-refractivity contribution in [3.05, 3.63) is 36.2 Å². The van der Waals surface area contributed by atoms with Gasteiger partial charge < -0.3 is 19.9 Å². The van der Waals surface area contributed by atoms with E-state index in [4.69, 9.17) is 19.7 Å². The van der Waals surface area contributed by atoms with Crippen molar-refractivity contribution in [2.45, 2.75) is 57.0 Å². The highest BCUT2D eigenvalue weighted by Gasteiger charge is 2.24. The van der Waals surface area contributed by atoms with E-state index in [0.717, 1.165) is 87.6 Å². The van der Waals surface area contributed by atoms with Gasteiger partial charge in [0.15, 0.2) is 17.3 Å². The Labute approximate surface area is 211 Å². The van der Waals surface area contributed by atoms with E-state index in [2.05, 4.69) is 20.1 Å². The van der Waals surface area contributed by atoms with Gasteiger partial charge in [-0.25, -0.2) is 15.0 Å². The normalized spacial score (nSPS) is 19.4. The van der Waals surface area contributed by atoms with Crippen LogP contribution in [0.1, 0.15) is 61.3 Å². The molecule has 0 atom stereocenters. The quantitative estimate of drug-likeness (QED) is 0.499. The van der Waals surface area contributed by atoms with Crippen LogP contribution in [-0.2, 0) is 4.74 Å². The van der Waals surface area contributed by atoms with Crippen molar-refractivity contribution >= 4 is 22.9 Å². The van der Waals surface area contributed by atoms with Gasteiger partial charge in [-0.15, -0.1) is 0 Å². The Hall–Kier alpha value is -3.04. The molecule has 1 amide bonds. The minimum Gasteiger partial charge on any atom is -0.379 e. The zero-order valence-corrected chi connectivity index (χ0v) is 20.8. The molecule has 6 rings (SSSR count). The third kappa shape index (κ3) is 5.22. The lowest BCUT2D eigenvalue weighted by atomic mass is 9.95. The number of anilines is 1. The average Bonchev–Trinajstić information content (AvgIpc) is 3.64. The molecule has 1 saturated heterocycles. The summed E-state index contributed by atoms with van der Waals surface area (Å²) < 4.78 is 7.73. The van der Waals surface area contributed by atoms with Crippen molar-refractivity contribution in [2.24, 2.45) is 0 Å². The number of benzene rings is 1. The maximum atomic E-state index is 12.4. The standard InChI is InChI=1S/C27H35N7O2/c35-27(30-21-10-11-21)20-8-6-19(7-9-20)24-31-25(28-12-13-33-14-16-36-17-15-33)23-26(32-24)34(18-29-23)22-4-2-1-3-5-22/h6-9,18,21-22H,1-5,10-17H2,(H,30,35)(H,28,31,32). The van der Waals surface area contributed by atoms with Crippen LogP contribution in [0.5, 0.6) is 0 Å². The number of aromatic nitrogens is 4. The number of fused-ring (bicyclic) bond motifs is 1. The molecule has 0 spiro atoms.